The van der Waals surface area contributed by atoms with Gasteiger partial charge in [-0.25, -0.2) is 4.39 Å². The van der Waals surface area contributed by atoms with Gasteiger partial charge in [-0.05, 0) is 55.8 Å². The molecule has 0 aromatic heterocycles. The lowest BCUT2D eigenvalue weighted by Crippen LogP contribution is -2.25. The summed E-state index contributed by atoms with van der Waals surface area (Å²) in [4.78, 5) is 2.32. The van der Waals surface area contributed by atoms with Crippen molar-refractivity contribution in [1.29, 1.82) is 0 Å². The van der Waals surface area contributed by atoms with Crippen LogP contribution in [-0.4, -0.2) is 13.1 Å². The van der Waals surface area contributed by atoms with E-state index in [0.717, 1.165) is 17.7 Å². The second kappa shape index (κ2) is 5.25. The monoisotopic (exact) mass is 270 g/mol. The molecular weight excluding hydrogens is 251 g/mol. The van der Waals surface area contributed by atoms with Crippen LogP contribution in [0.25, 0.3) is 0 Å². The molecule has 1 N–H and O–H groups in total. The van der Waals surface area contributed by atoms with Gasteiger partial charge in [0.1, 0.15) is 5.82 Å². The van der Waals surface area contributed by atoms with Gasteiger partial charge in [0.25, 0.3) is 0 Å². The summed E-state index contributed by atoms with van der Waals surface area (Å²) in [6, 6.07) is 13.9. The number of hydrogen-bond donors (Lipinski definition) is 1. The highest BCUT2D eigenvalue weighted by Gasteiger charge is 2.28. The third kappa shape index (κ3) is 2.18. The van der Waals surface area contributed by atoms with E-state index < -0.39 is 0 Å². The molecule has 1 aliphatic rings. The van der Waals surface area contributed by atoms with Gasteiger partial charge < -0.3 is 10.2 Å². The molecule has 0 amide bonds. The highest BCUT2D eigenvalue weighted by molar-refractivity contribution is 5.73. The second-order valence-corrected chi connectivity index (χ2v) is 5.36. The number of rotatable bonds is 3. The SMILES string of the molecule is CNCc1cc(F)ccc1N1c2ccccc2CC1C. The molecule has 0 saturated heterocycles. The number of halogens is 1. The molecule has 0 spiro atoms. The van der Waals surface area contributed by atoms with Gasteiger partial charge >= 0.3 is 0 Å². The lowest BCUT2D eigenvalue weighted by molar-refractivity contribution is 0.623. The maximum Gasteiger partial charge on any atom is 0.123 e. The Hall–Kier alpha value is -1.87. The molecule has 0 bridgehead atoms. The first-order valence-electron chi connectivity index (χ1n) is 7.01. The van der Waals surface area contributed by atoms with E-state index >= 15 is 0 Å². The van der Waals surface area contributed by atoms with Gasteiger partial charge in [0.2, 0.25) is 0 Å². The van der Waals surface area contributed by atoms with E-state index in [9.17, 15) is 4.39 Å². The van der Waals surface area contributed by atoms with E-state index in [0.29, 0.717) is 12.6 Å². The summed E-state index contributed by atoms with van der Waals surface area (Å²) in [7, 11) is 1.88. The van der Waals surface area contributed by atoms with Crippen molar-refractivity contribution >= 4 is 11.4 Å². The molecule has 2 aromatic carbocycles. The molecule has 1 aliphatic heterocycles. The van der Waals surface area contributed by atoms with Crippen LogP contribution < -0.4 is 10.2 Å². The van der Waals surface area contributed by atoms with Crippen molar-refractivity contribution in [3.05, 3.63) is 59.4 Å². The summed E-state index contributed by atoms with van der Waals surface area (Å²) in [5.74, 6) is -0.181. The normalized spacial score (nSPS) is 17.4. The van der Waals surface area contributed by atoms with Gasteiger partial charge in [-0.1, -0.05) is 18.2 Å². The third-order valence-electron chi connectivity index (χ3n) is 3.88. The lowest BCUT2D eigenvalue weighted by Gasteiger charge is -2.27. The molecule has 3 rings (SSSR count). The summed E-state index contributed by atoms with van der Waals surface area (Å²) in [5, 5.41) is 3.12. The average Bonchev–Trinajstić information content (AvgIpc) is 2.76. The van der Waals surface area contributed by atoms with Crippen molar-refractivity contribution in [2.75, 3.05) is 11.9 Å². The molecular formula is C17H19FN2. The molecule has 20 heavy (non-hydrogen) atoms. The molecule has 2 aromatic rings. The molecule has 1 unspecified atom stereocenters. The number of benzene rings is 2. The maximum atomic E-state index is 13.5. The third-order valence-corrected chi connectivity index (χ3v) is 3.88. The van der Waals surface area contributed by atoms with E-state index in [4.69, 9.17) is 0 Å². The quantitative estimate of drug-likeness (QED) is 0.916. The molecule has 1 atom stereocenters. The molecule has 1 heterocycles. The van der Waals surface area contributed by atoms with Crippen molar-refractivity contribution < 1.29 is 4.39 Å². The van der Waals surface area contributed by atoms with Crippen LogP contribution in [0.5, 0.6) is 0 Å². The van der Waals surface area contributed by atoms with Gasteiger partial charge in [0.15, 0.2) is 0 Å². The standard InChI is InChI=1S/C17H19FN2/c1-12-9-13-5-3-4-6-16(13)20(12)17-8-7-15(18)10-14(17)11-19-2/h3-8,10,12,19H,9,11H2,1-2H3. The second-order valence-electron chi connectivity index (χ2n) is 5.36. The number of nitrogens with zero attached hydrogens (tertiary/aromatic N) is 1. The number of hydrogen-bond acceptors (Lipinski definition) is 2. The molecule has 0 radical (unpaired) electrons. The Balaban J connectivity index is 2.09. The first-order chi connectivity index (χ1) is 9.70. The van der Waals surface area contributed by atoms with Crippen molar-refractivity contribution in [2.24, 2.45) is 0 Å². The van der Waals surface area contributed by atoms with Gasteiger partial charge in [-0.3, -0.25) is 0 Å². The van der Waals surface area contributed by atoms with Crippen molar-refractivity contribution in [3.63, 3.8) is 0 Å². The minimum absolute atomic E-state index is 0.181. The Morgan fingerprint density at radius 3 is 2.80 bits per heavy atom. The maximum absolute atomic E-state index is 13.5. The van der Waals surface area contributed by atoms with Crippen LogP contribution in [0.1, 0.15) is 18.1 Å². The predicted molar refractivity (Wildman–Crippen MR) is 80.9 cm³/mol. The molecule has 2 nitrogen and oxygen atoms in total. The van der Waals surface area contributed by atoms with E-state index in [2.05, 4.69) is 41.4 Å². The zero-order valence-corrected chi connectivity index (χ0v) is 11.9. The van der Waals surface area contributed by atoms with Crippen LogP contribution in [0.3, 0.4) is 0 Å². The van der Waals surface area contributed by atoms with Gasteiger partial charge in [0.05, 0.1) is 0 Å². The van der Waals surface area contributed by atoms with Crippen LogP contribution >= 0.6 is 0 Å². The van der Waals surface area contributed by atoms with Gasteiger partial charge in [-0.2, -0.15) is 0 Å². The average molecular weight is 270 g/mol. The Labute approximate surface area is 119 Å². The van der Waals surface area contributed by atoms with Crippen molar-refractivity contribution in [2.45, 2.75) is 25.9 Å². The number of nitrogens with one attached hydrogen (secondary N) is 1. The molecule has 0 saturated carbocycles. The van der Waals surface area contributed by atoms with E-state index in [1.165, 1.54) is 11.3 Å². The molecule has 104 valence electrons. The number of fused-ring (bicyclic) bond motifs is 1. The Morgan fingerprint density at radius 1 is 1.20 bits per heavy atom. The predicted octanol–water partition coefficient (Wildman–Crippen LogP) is 3.63. The first-order valence-corrected chi connectivity index (χ1v) is 7.01. The highest BCUT2D eigenvalue weighted by Crippen LogP contribution is 2.39. The fraction of sp³-hybridized carbons (Fsp3) is 0.294. The van der Waals surface area contributed by atoms with E-state index in [1.807, 2.05) is 13.1 Å². The fourth-order valence-corrected chi connectivity index (χ4v) is 3.05. The van der Waals surface area contributed by atoms with Crippen LogP contribution in [0.4, 0.5) is 15.8 Å². The number of anilines is 2. The van der Waals surface area contributed by atoms with E-state index in [-0.39, 0.29) is 5.82 Å². The van der Waals surface area contributed by atoms with Crippen LogP contribution in [-0.2, 0) is 13.0 Å². The minimum Gasteiger partial charge on any atom is -0.338 e. The molecule has 3 heteroatoms. The Bertz CT molecular complexity index is 624. The lowest BCUT2D eigenvalue weighted by atomic mass is 10.1. The Morgan fingerprint density at radius 2 is 2.00 bits per heavy atom. The number of para-hydroxylation sites is 1. The smallest absolute Gasteiger partial charge is 0.123 e. The first kappa shape index (κ1) is 13.1. The summed E-state index contributed by atoms with van der Waals surface area (Å²) in [5.41, 5.74) is 4.69. The van der Waals surface area contributed by atoms with Crippen LogP contribution in [0.15, 0.2) is 42.5 Å². The zero-order chi connectivity index (χ0) is 14.1. The molecule has 0 aliphatic carbocycles. The minimum atomic E-state index is -0.181. The van der Waals surface area contributed by atoms with Crippen LogP contribution in [0, 0.1) is 5.82 Å². The highest BCUT2D eigenvalue weighted by atomic mass is 19.1. The van der Waals surface area contributed by atoms with Gasteiger partial charge in [-0.15, -0.1) is 0 Å². The van der Waals surface area contributed by atoms with Gasteiger partial charge in [0, 0.05) is 24.0 Å². The largest absolute Gasteiger partial charge is 0.338 e. The summed E-state index contributed by atoms with van der Waals surface area (Å²) in [6.07, 6.45) is 1.03. The van der Waals surface area contributed by atoms with Crippen molar-refractivity contribution in [1.82, 2.24) is 5.32 Å². The summed E-state index contributed by atoms with van der Waals surface area (Å²) < 4.78 is 13.5. The summed E-state index contributed by atoms with van der Waals surface area (Å²) >= 11 is 0. The molecule has 0 fully saturated rings. The topological polar surface area (TPSA) is 15.3 Å². The van der Waals surface area contributed by atoms with Crippen molar-refractivity contribution in [3.8, 4) is 0 Å². The summed E-state index contributed by atoms with van der Waals surface area (Å²) in [6.45, 7) is 2.88. The fourth-order valence-electron chi connectivity index (χ4n) is 3.05. The van der Waals surface area contributed by atoms with Crippen LogP contribution in [0.2, 0.25) is 0 Å². The van der Waals surface area contributed by atoms with E-state index in [1.54, 1.807) is 12.1 Å². The zero-order valence-electron chi connectivity index (χ0n) is 11.9. The Kier molecular flexibility index (Phi) is 3.45.